The third-order valence-corrected chi connectivity index (χ3v) is 8.07. The number of carboxylic acid groups (broad SMARTS) is 3. The number of nitrogens with zero attached hydrogens (tertiary/aromatic N) is 1. The molecule has 8 N–H and O–H groups in total. The Labute approximate surface area is 273 Å². The van der Waals surface area contributed by atoms with Crippen LogP contribution in [0.3, 0.4) is 0 Å². The standard InChI is InChI=1S/C34H56N4O8/c35-37-29(34(45)46)16-14-15-24-36-33(44)28-21-19-27(20-22-28)26-38(25-23-32(42)43)30(39)17-12-10-8-6-4-2-1-3-5-7-9-11-13-18-31(40)41/h19-22,29,37H,1-18,23-26,35H2,(H,36,44)(H,40,41)(H,42,43)(H,45,46)/p+1/t29-/m0/s1. The van der Waals surface area contributed by atoms with E-state index in [-0.39, 0.29) is 37.7 Å². The molecule has 0 fully saturated rings. The van der Waals surface area contributed by atoms with Gasteiger partial charge in [0.25, 0.3) is 5.91 Å². The van der Waals surface area contributed by atoms with Crippen LogP contribution >= 0.6 is 0 Å². The van der Waals surface area contributed by atoms with E-state index in [2.05, 4.69) is 16.6 Å². The summed E-state index contributed by atoms with van der Waals surface area (Å²) in [5, 5.41) is 29.7. The summed E-state index contributed by atoms with van der Waals surface area (Å²) in [4.78, 5) is 59.7. The van der Waals surface area contributed by atoms with Crippen LogP contribution in [0.15, 0.2) is 24.3 Å². The molecule has 1 aromatic rings. The second-order valence-corrected chi connectivity index (χ2v) is 12.0. The van der Waals surface area contributed by atoms with E-state index in [4.69, 9.17) is 15.3 Å². The summed E-state index contributed by atoms with van der Waals surface area (Å²) in [6, 6.07) is 6.21. The number of quaternary nitrogens is 1. The summed E-state index contributed by atoms with van der Waals surface area (Å²) in [6.07, 6.45) is 16.3. The topological polar surface area (TPSA) is 201 Å². The van der Waals surface area contributed by atoms with Crippen molar-refractivity contribution in [3.8, 4) is 0 Å². The molecule has 1 aromatic carbocycles. The van der Waals surface area contributed by atoms with Crippen LogP contribution < -0.4 is 16.6 Å². The van der Waals surface area contributed by atoms with Crippen LogP contribution in [-0.4, -0.2) is 69.1 Å². The van der Waals surface area contributed by atoms with Crippen molar-refractivity contribution < 1.29 is 45.1 Å². The van der Waals surface area contributed by atoms with Crippen LogP contribution in [0, 0.1) is 0 Å². The lowest BCUT2D eigenvalue weighted by Gasteiger charge is -2.22. The maximum Gasteiger partial charge on any atom is 0.326 e. The fraction of sp³-hybridized carbons (Fsp3) is 0.676. The van der Waals surface area contributed by atoms with Crippen molar-refractivity contribution in [2.75, 3.05) is 13.1 Å². The van der Waals surface area contributed by atoms with E-state index < -0.39 is 23.9 Å². The molecule has 0 spiro atoms. The van der Waals surface area contributed by atoms with Crippen molar-refractivity contribution in [3.05, 3.63) is 35.4 Å². The first-order valence-electron chi connectivity index (χ1n) is 17.0. The average Bonchev–Trinajstić information content (AvgIpc) is 3.02. The third kappa shape index (κ3) is 20.5. The zero-order chi connectivity index (χ0) is 34.0. The van der Waals surface area contributed by atoms with Crippen LogP contribution in [-0.2, 0) is 25.7 Å². The molecule has 12 nitrogen and oxygen atoms in total. The lowest BCUT2D eigenvalue weighted by molar-refractivity contribution is -0.449. The molecule has 46 heavy (non-hydrogen) atoms. The molecule has 0 bridgehead atoms. The first-order chi connectivity index (χ1) is 22.1. The van der Waals surface area contributed by atoms with E-state index >= 15 is 0 Å². The molecule has 0 saturated heterocycles. The molecule has 1 atom stereocenters. The fourth-order valence-corrected chi connectivity index (χ4v) is 5.25. The number of aliphatic carboxylic acids is 3. The molecule has 0 aromatic heterocycles. The molecule has 0 aliphatic rings. The highest BCUT2D eigenvalue weighted by atomic mass is 16.4. The number of unbranched alkanes of at least 4 members (excludes halogenated alkanes) is 13. The minimum atomic E-state index is -0.957. The number of hydrogen-bond acceptors (Lipinski definition) is 6. The van der Waals surface area contributed by atoms with E-state index in [1.165, 1.54) is 38.5 Å². The van der Waals surface area contributed by atoms with Gasteiger partial charge in [-0.2, -0.15) is 5.43 Å². The molecule has 2 amide bonds. The Morgan fingerprint density at radius 1 is 0.652 bits per heavy atom. The maximum absolute atomic E-state index is 13.0. The van der Waals surface area contributed by atoms with Crippen LogP contribution in [0.2, 0.25) is 0 Å². The number of nitrogens with one attached hydrogen (secondary N) is 2. The molecular formula is C34H57N4O8+. The highest BCUT2D eigenvalue weighted by Crippen LogP contribution is 2.15. The van der Waals surface area contributed by atoms with E-state index in [9.17, 15) is 24.0 Å². The highest BCUT2D eigenvalue weighted by Gasteiger charge is 2.17. The van der Waals surface area contributed by atoms with Gasteiger partial charge in [-0.15, -0.1) is 0 Å². The Balaban J connectivity index is 2.30. The summed E-state index contributed by atoms with van der Waals surface area (Å²) < 4.78 is 0. The summed E-state index contributed by atoms with van der Waals surface area (Å²) >= 11 is 0. The molecule has 0 unspecified atom stereocenters. The summed E-state index contributed by atoms with van der Waals surface area (Å²) in [5.41, 5.74) is 3.78. The number of benzene rings is 1. The first kappa shape index (κ1) is 40.5. The van der Waals surface area contributed by atoms with Gasteiger partial charge < -0.3 is 25.5 Å². The van der Waals surface area contributed by atoms with Crippen molar-refractivity contribution in [1.82, 2.24) is 15.6 Å². The molecule has 1 rings (SSSR count). The van der Waals surface area contributed by atoms with E-state index in [1.807, 2.05) is 0 Å². The van der Waals surface area contributed by atoms with Crippen molar-refractivity contribution in [3.63, 3.8) is 0 Å². The van der Waals surface area contributed by atoms with Gasteiger partial charge in [-0.3, -0.25) is 29.8 Å². The molecule has 0 aliphatic heterocycles. The third-order valence-electron chi connectivity index (χ3n) is 8.07. The van der Waals surface area contributed by atoms with Gasteiger partial charge in [0.05, 0.1) is 6.42 Å². The number of carboxylic acids is 3. The van der Waals surface area contributed by atoms with Crippen molar-refractivity contribution in [1.29, 1.82) is 0 Å². The molecular weight excluding hydrogens is 592 g/mol. The Morgan fingerprint density at radius 3 is 1.63 bits per heavy atom. The molecule has 0 heterocycles. The second kappa shape index (κ2) is 25.7. The van der Waals surface area contributed by atoms with Gasteiger partial charge in [-0.05, 0) is 49.8 Å². The first-order valence-corrected chi connectivity index (χ1v) is 17.0. The number of hydrogen-bond donors (Lipinski definition) is 6. The minimum Gasteiger partial charge on any atom is -0.481 e. The second-order valence-electron chi connectivity index (χ2n) is 12.0. The van der Waals surface area contributed by atoms with Gasteiger partial charge in [0.15, 0.2) is 6.04 Å². The van der Waals surface area contributed by atoms with Gasteiger partial charge in [-0.25, -0.2) is 0 Å². The fourth-order valence-electron chi connectivity index (χ4n) is 5.25. The zero-order valence-corrected chi connectivity index (χ0v) is 27.5. The lowest BCUT2D eigenvalue weighted by atomic mass is 10.0. The molecule has 12 heteroatoms. The quantitative estimate of drug-likeness (QED) is 0.0533. The highest BCUT2D eigenvalue weighted by molar-refractivity contribution is 5.94. The number of rotatable bonds is 29. The van der Waals surface area contributed by atoms with Gasteiger partial charge in [0, 0.05) is 38.0 Å². The van der Waals surface area contributed by atoms with E-state index in [1.54, 1.807) is 29.2 Å². The number of carbonyl (C=O) groups excluding carboxylic acids is 2. The Kier molecular flexibility index (Phi) is 22.6. The lowest BCUT2D eigenvalue weighted by Crippen LogP contribution is -2.70. The Hall–Kier alpha value is -3.51. The minimum absolute atomic E-state index is 0.0646. The predicted octanol–water partition coefficient (Wildman–Crippen LogP) is 4.53. The van der Waals surface area contributed by atoms with Gasteiger partial charge >= 0.3 is 17.9 Å². The zero-order valence-electron chi connectivity index (χ0n) is 27.5. The van der Waals surface area contributed by atoms with Gasteiger partial charge in [0.1, 0.15) is 0 Å². The molecule has 0 saturated carbocycles. The van der Waals surface area contributed by atoms with Crippen molar-refractivity contribution >= 4 is 29.7 Å². The van der Waals surface area contributed by atoms with Gasteiger partial charge in [-0.1, -0.05) is 82.8 Å². The Morgan fingerprint density at radius 2 is 1.15 bits per heavy atom. The van der Waals surface area contributed by atoms with E-state index in [0.717, 1.165) is 50.5 Å². The molecule has 260 valence electrons. The molecule has 0 aliphatic carbocycles. The van der Waals surface area contributed by atoms with Crippen LogP contribution in [0.25, 0.3) is 0 Å². The smallest absolute Gasteiger partial charge is 0.326 e. The average molecular weight is 650 g/mol. The SMILES string of the molecule is [NH3+]N[C@@H](CCCCNC(=O)c1ccc(CN(CCC(=O)O)C(=O)CCCCCCCCCCCCCCCC(=O)O)cc1)C(=O)O. The maximum atomic E-state index is 13.0. The largest absolute Gasteiger partial charge is 0.481 e. The van der Waals surface area contributed by atoms with Crippen LogP contribution in [0.5, 0.6) is 0 Å². The van der Waals surface area contributed by atoms with Crippen LogP contribution in [0.4, 0.5) is 0 Å². The summed E-state index contributed by atoms with van der Waals surface area (Å²) in [6.45, 7) is 0.827. The Bertz CT molecular complexity index is 1030. The monoisotopic (exact) mass is 649 g/mol. The summed E-state index contributed by atoms with van der Waals surface area (Å²) in [7, 11) is 0. The van der Waals surface area contributed by atoms with Crippen LogP contribution in [0.1, 0.15) is 138 Å². The predicted molar refractivity (Wildman–Crippen MR) is 175 cm³/mol. The van der Waals surface area contributed by atoms with Crippen molar-refractivity contribution in [2.45, 2.75) is 135 Å². The van der Waals surface area contributed by atoms with Gasteiger partial charge in [0.2, 0.25) is 5.91 Å². The normalized spacial score (nSPS) is 11.6. The van der Waals surface area contributed by atoms with Crippen molar-refractivity contribution in [2.24, 2.45) is 0 Å². The molecule has 0 radical (unpaired) electrons. The van der Waals surface area contributed by atoms with E-state index in [0.29, 0.717) is 37.8 Å². The number of amides is 2. The number of carbonyl (C=O) groups is 5. The summed E-state index contributed by atoms with van der Waals surface area (Å²) in [5.74, 6) is 0.489.